The largest absolute Gasteiger partial charge is 0.277 e. The monoisotopic (exact) mass is 211 g/mol. The maximum Gasteiger partial charge on any atom is 0.277 e. The third kappa shape index (κ3) is 2.69. The highest BCUT2D eigenvalue weighted by molar-refractivity contribution is 9.10. The van der Waals surface area contributed by atoms with Crippen molar-refractivity contribution in [2.45, 2.75) is 6.42 Å². The Kier molecular flexibility index (Phi) is 3.06. The van der Waals surface area contributed by atoms with E-state index >= 15 is 0 Å². The van der Waals surface area contributed by atoms with E-state index in [2.05, 4.69) is 31.8 Å². The summed E-state index contributed by atoms with van der Waals surface area (Å²) < 4.78 is 0.855. The average Bonchev–Trinajstić information content (AvgIpc) is 2.01. The summed E-state index contributed by atoms with van der Waals surface area (Å²) in [6, 6.07) is 6.77. The second-order valence-corrected chi connectivity index (χ2v) is 2.86. The van der Waals surface area contributed by atoms with Gasteiger partial charge in [0.25, 0.3) is 13.1 Å². The molecule has 0 spiro atoms. The Morgan fingerprint density at radius 2 is 2.55 bits per heavy atom. The van der Waals surface area contributed by atoms with Crippen LogP contribution in [0, 0.1) is 6.07 Å². The number of nitrogens with zero attached hydrogens (tertiary/aromatic N) is 2. The lowest BCUT2D eigenvalue weighted by Crippen LogP contribution is -1.82. The Balaban J connectivity index is 2.76. The van der Waals surface area contributed by atoms with Gasteiger partial charge in [-0.05, 0) is 33.6 Å². The zero-order chi connectivity index (χ0) is 8.10. The van der Waals surface area contributed by atoms with Crippen molar-refractivity contribution in [1.29, 1.82) is 0 Å². The normalized spacial score (nSPS) is 8.55. The van der Waals surface area contributed by atoms with E-state index in [9.17, 15) is 0 Å². The van der Waals surface area contributed by atoms with Gasteiger partial charge in [0.2, 0.25) is 0 Å². The van der Waals surface area contributed by atoms with Crippen molar-refractivity contribution >= 4 is 15.9 Å². The Labute approximate surface area is 74.2 Å². The van der Waals surface area contributed by atoms with Gasteiger partial charge < -0.3 is 0 Å². The van der Waals surface area contributed by atoms with Crippen LogP contribution in [0.3, 0.4) is 0 Å². The Morgan fingerprint density at radius 1 is 1.73 bits per heavy atom. The van der Waals surface area contributed by atoms with E-state index in [1.807, 2.05) is 12.1 Å². The fraction of sp³-hybridized carbons (Fsp3) is 0.250. The number of pyridine rings is 1. The van der Waals surface area contributed by atoms with Crippen LogP contribution in [0.1, 0.15) is 5.56 Å². The van der Waals surface area contributed by atoms with Crippen LogP contribution >= 0.6 is 15.9 Å². The smallest absolute Gasteiger partial charge is 0.249 e. The summed E-state index contributed by atoms with van der Waals surface area (Å²) in [5, 5.41) is 0. The summed E-state index contributed by atoms with van der Waals surface area (Å²) in [5.74, 6) is 0. The first-order chi connectivity index (χ1) is 5.33. The van der Waals surface area contributed by atoms with E-state index in [1.165, 1.54) is 0 Å². The molecule has 0 aromatic carbocycles. The lowest BCUT2D eigenvalue weighted by Gasteiger charge is -1.90. The zero-order valence-corrected chi connectivity index (χ0v) is 7.80. The van der Waals surface area contributed by atoms with Crippen LogP contribution in [0.25, 0.3) is 4.85 Å². The molecule has 0 unspecified atom stereocenters. The standard InChI is InChI=1S/C8H8BrN2/c1-10-4-2-7-3-5-11-8(9)6-7/h3,5-6H,2H2,1H3/q+1. The Morgan fingerprint density at radius 3 is 3.18 bits per heavy atom. The van der Waals surface area contributed by atoms with Gasteiger partial charge in [0, 0.05) is 6.20 Å². The molecule has 0 fully saturated rings. The van der Waals surface area contributed by atoms with Crippen molar-refractivity contribution in [2.24, 2.45) is 0 Å². The molecule has 1 rings (SSSR count). The van der Waals surface area contributed by atoms with Gasteiger partial charge in [-0.1, -0.05) is 4.85 Å². The Bertz CT molecular complexity index is 298. The second kappa shape index (κ2) is 4.09. The predicted molar refractivity (Wildman–Crippen MR) is 48.8 cm³/mol. The minimum absolute atomic E-state index is 0.748. The molecule has 0 saturated heterocycles. The first-order valence-electron chi connectivity index (χ1n) is 3.25. The van der Waals surface area contributed by atoms with Crippen molar-refractivity contribution < 1.29 is 0 Å². The molecule has 3 heteroatoms. The molecular weight excluding hydrogens is 204 g/mol. The number of halogens is 1. The maximum absolute atomic E-state index is 4.01. The third-order valence-corrected chi connectivity index (χ3v) is 1.67. The molecule has 0 aliphatic heterocycles. The predicted octanol–water partition coefficient (Wildman–Crippen LogP) is 2.35. The van der Waals surface area contributed by atoms with E-state index in [1.54, 1.807) is 13.2 Å². The van der Waals surface area contributed by atoms with Crippen molar-refractivity contribution in [3.63, 3.8) is 0 Å². The molecule has 1 heterocycles. The molecule has 11 heavy (non-hydrogen) atoms. The van der Waals surface area contributed by atoms with E-state index in [0.717, 1.165) is 16.6 Å². The van der Waals surface area contributed by atoms with Gasteiger partial charge in [-0.15, -0.1) is 0 Å². The molecule has 0 bridgehead atoms. The zero-order valence-electron chi connectivity index (χ0n) is 6.21. The molecule has 0 radical (unpaired) electrons. The SMILES string of the molecule is C[N+]#CCc1ccnc(Br)c1. The molecule has 0 atom stereocenters. The molecule has 0 amide bonds. The number of aromatic nitrogens is 1. The van der Waals surface area contributed by atoms with Crippen LogP contribution in [0.15, 0.2) is 22.9 Å². The summed E-state index contributed by atoms with van der Waals surface area (Å²) in [7, 11) is 1.72. The summed E-state index contributed by atoms with van der Waals surface area (Å²) in [6.07, 6.45) is 2.51. The summed E-state index contributed by atoms with van der Waals surface area (Å²) in [6.45, 7) is 0. The molecule has 1 aromatic heterocycles. The highest BCUT2D eigenvalue weighted by Crippen LogP contribution is 2.07. The molecule has 2 nitrogen and oxygen atoms in total. The first kappa shape index (κ1) is 8.22. The minimum Gasteiger partial charge on any atom is -0.249 e. The van der Waals surface area contributed by atoms with Gasteiger partial charge in [0.05, 0.1) is 0 Å². The van der Waals surface area contributed by atoms with Crippen molar-refractivity contribution in [1.82, 2.24) is 4.98 Å². The fourth-order valence-electron chi connectivity index (χ4n) is 0.723. The van der Waals surface area contributed by atoms with E-state index in [0.29, 0.717) is 0 Å². The average molecular weight is 212 g/mol. The number of rotatable bonds is 1. The van der Waals surface area contributed by atoms with Crippen molar-refractivity contribution in [3.05, 3.63) is 33.3 Å². The van der Waals surface area contributed by atoms with Gasteiger partial charge in [-0.2, -0.15) is 0 Å². The molecule has 56 valence electrons. The van der Waals surface area contributed by atoms with Crippen molar-refractivity contribution in [3.8, 4) is 6.07 Å². The van der Waals surface area contributed by atoms with Gasteiger partial charge in [0.15, 0.2) is 0 Å². The van der Waals surface area contributed by atoms with Crippen molar-refractivity contribution in [2.75, 3.05) is 7.05 Å². The molecule has 0 aliphatic rings. The molecule has 0 saturated carbocycles. The van der Waals surface area contributed by atoms with Gasteiger partial charge >= 0.3 is 0 Å². The van der Waals surface area contributed by atoms with Crippen LogP contribution in [0.2, 0.25) is 0 Å². The second-order valence-electron chi connectivity index (χ2n) is 2.05. The van der Waals surface area contributed by atoms with E-state index in [4.69, 9.17) is 0 Å². The van der Waals surface area contributed by atoms with E-state index < -0.39 is 0 Å². The lowest BCUT2D eigenvalue weighted by atomic mass is 10.2. The number of hydrogen-bond acceptors (Lipinski definition) is 1. The molecule has 0 N–H and O–H groups in total. The number of hydrogen-bond donors (Lipinski definition) is 0. The molecule has 1 aromatic rings. The summed E-state index contributed by atoms with van der Waals surface area (Å²) >= 11 is 3.28. The fourth-order valence-corrected chi connectivity index (χ4v) is 1.14. The third-order valence-electron chi connectivity index (χ3n) is 1.23. The van der Waals surface area contributed by atoms with Crippen LogP contribution in [0.4, 0.5) is 0 Å². The van der Waals surface area contributed by atoms with Crippen LogP contribution < -0.4 is 0 Å². The summed E-state index contributed by atoms with van der Waals surface area (Å²) in [5.41, 5.74) is 1.16. The molecular formula is C8H8BrN2+. The van der Waals surface area contributed by atoms with Gasteiger partial charge in [0.1, 0.15) is 11.0 Å². The van der Waals surface area contributed by atoms with E-state index in [-0.39, 0.29) is 0 Å². The van der Waals surface area contributed by atoms with Gasteiger partial charge in [-0.3, -0.25) is 0 Å². The van der Waals surface area contributed by atoms with Crippen LogP contribution in [-0.2, 0) is 6.42 Å². The lowest BCUT2D eigenvalue weighted by molar-refractivity contribution is 1.20. The first-order valence-corrected chi connectivity index (χ1v) is 4.04. The highest BCUT2D eigenvalue weighted by atomic mass is 79.9. The quantitative estimate of drug-likeness (QED) is 0.653. The minimum atomic E-state index is 0.748. The maximum atomic E-state index is 4.01. The summed E-state index contributed by atoms with van der Waals surface area (Å²) in [4.78, 5) is 7.78. The van der Waals surface area contributed by atoms with Crippen LogP contribution in [0.5, 0.6) is 0 Å². The molecule has 0 aliphatic carbocycles. The Hall–Kier alpha value is -0.880. The van der Waals surface area contributed by atoms with Gasteiger partial charge in [-0.25, -0.2) is 4.98 Å². The highest BCUT2D eigenvalue weighted by Gasteiger charge is 1.94. The topological polar surface area (TPSA) is 17.2 Å². The van der Waals surface area contributed by atoms with Crippen LogP contribution in [-0.4, -0.2) is 12.0 Å².